The fourth-order valence-corrected chi connectivity index (χ4v) is 3.07. The van der Waals surface area contributed by atoms with Gasteiger partial charge in [-0.25, -0.2) is 13.1 Å². The Labute approximate surface area is 148 Å². The van der Waals surface area contributed by atoms with Gasteiger partial charge in [0.15, 0.2) is 0 Å². The van der Waals surface area contributed by atoms with Gasteiger partial charge in [0.2, 0.25) is 15.9 Å². The van der Waals surface area contributed by atoms with Crippen LogP contribution in [0.15, 0.2) is 29.2 Å². The van der Waals surface area contributed by atoms with Crippen LogP contribution in [0.1, 0.15) is 24.8 Å². The lowest BCUT2D eigenvalue weighted by molar-refractivity contribution is -0.139. The SMILES string of the molecule is CN(CCC(=O)O)C(=O)CCCNS(=O)(=O)c1cccc(C(F)(F)F)c1. The van der Waals surface area contributed by atoms with E-state index in [1.807, 2.05) is 0 Å². The molecule has 0 saturated carbocycles. The second-order valence-corrected chi connectivity index (χ2v) is 7.25. The van der Waals surface area contributed by atoms with Crippen LogP contribution in [-0.4, -0.2) is 50.4 Å². The molecular formula is C15H19F3N2O5S. The maximum Gasteiger partial charge on any atom is 0.416 e. The summed E-state index contributed by atoms with van der Waals surface area (Å²) >= 11 is 0. The highest BCUT2D eigenvalue weighted by Crippen LogP contribution is 2.30. The molecule has 0 heterocycles. The number of carbonyl (C=O) groups excluding carboxylic acids is 1. The normalized spacial score (nSPS) is 12.0. The highest BCUT2D eigenvalue weighted by molar-refractivity contribution is 7.89. The molecular weight excluding hydrogens is 377 g/mol. The summed E-state index contributed by atoms with van der Waals surface area (Å²) in [6.07, 6.45) is -4.77. The number of amides is 1. The van der Waals surface area contributed by atoms with Gasteiger partial charge >= 0.3 is 12.1 Å². The zero-order chi connectivity index (χ0) is 20.0. The van der Waals surface area contributed by atoms with E-state index in [2.05, 4.69) is 4.72 Å². The van der Waals surface area contributed by atoms with Crippen LogP contribution in [0.5, 0.6) is 0 Å². The molecule has 0 atom stereocenters. The molecule has 0 aliphatic carbocycles. The minimum absolute atomic E-state index is 0.0266. The van der Waals surface area contributed by atoms with Crippen molar-refractivity contribution in [3.8, 4) is 0 Å². The van der Waals surface area contributed by atoms with Gasteiger partial charge in [0.05, 0.1) is 16.9 Å². The van der Waals surface area contributed by atoms with Crippen LogP contribution in [0.3, 0.4) is 0 Å². The summed E-state index contributed by atoms with van der Waals surface area (Å²) in [4.78, 5) is 22.9. The van der Waals surface area contributed by atoms with Gasteiger partial charge in [0.25, 0.3) is 0 Å². The Hall–Kier alpha value is -2.14. The molecule has 0 aliphatic heterocycles. The van der Waals surface area contributed by atoms with Crippen molar-refractivity contribution in [2.45, 2.75) is 30.3 Å². The minimum Gasteiger partial charge on any atom is -0.481 e. The van der Waals surface area contributed by atoms with E-state index in [1.54, 1.807) is 0 Å². The molecule has 0 unspecified atom stereocenters. The van der Waals surface area contributed by atoms with Gasteiger partial charge in [-0.3, -0.25) is 9.59 Å². The molecule has 0 saturated heterocycles. The van der Waals surface area contributed by atoms with E-state index in [-0.39, 0.29) is 38.3 Å². The standard InChI is InChI=1S/C15H19F3N2O5S/c1-20(9-7-14(22)23)13(21)6-3-8-19-26(24,25)12-5-2-4-11(10-12)15(16,17)18/h2,4-5,10,19H,3,6-9H2,1H3,(H,22,23). The van der Waals surface area contributed by atoms with Crippen molar-refractivity contribution in [2.75, 3.05) is 20.1 Å². The maximum atomic E-state index is 12.6. The third kappa shape index (κ3) is 7.00. The number of alkyl halides is 3. The predicted molar refractivity (Wildman–Crippen MR) is 85.8 cm³/mol. The summed E-state index contributed by atoms with van der Waals surface area (Å²) in [6.45, 7) is -0.110. The first kappa shape index (κ1) is 21.9. The zero-order valence-corrected chi connectivity index (χ0v) is 14.7. The first-order valence-electron chi connectivity index (χ1n) is 7.56. The van der Waals surface area contributed by atoms with Gasteiger partial charge in [-0.05, 0) is 24.6 Å². The van der Waals surface area contributed by atoms with E-state index in [9.17, 15) is 31.2 Å². The molecule has 0 aliphatic rings. The monoisotopic (exact) mass is 396 g/mol. The minimum atomic E-state index is -4.65. The van der Waals surface area contributed by atoms with Crippen LogP contribution < -0.4 is 4.72 Å². The number of carboxylic acid groups (broad SMARTS) is 1. The molecule has 0 bridgehead atoms. The second-order valence-electron chi connectivity index (χ2n) is 5.49. The lowest BCUT2D eigenvalue weighted by atomic mass is 10.2. The molecule has 1 amide bonds. The molecule has 1 rings (SSSR count). The number of sulfonamides is 1. The zero-order valence-electron chi connectivity index (χ0n) is 13.9. The van der Waals surface area contributed by atoms with Crippen molar-refractivity contribution in [1.82, 2.24) is 9.62 Å². The molecule has 0 spiro atoms. The average molecular weight is 396 g/mol. The van der Waals surface area contributed by atoms with Crippen LogP contribution in [0, 0.1) is 0 Å². The number of benzene rings is 1. The Morgan fingerprint density at radius 1 is 1.23 bits per heavy atom. The van der Waals surface area contributed by atoms with Gasteiger partial charge in [0, 0.05) is 26.6 Å². The number of nitrogens with one attached hydrogen (secondary N) is 1. The van der Waals surface area contributed by atoms with Gasteiger partial charge in [0.1, 0.15) is 0 Å². The lowest BCUT2D eigenvalue weighted by Gasteiger charge is -2.16. The Kier molecular flexibility index (Phi) is 7.57. The molecule has 0 fully saturated rings. The maximum absolute atomic E-state index is 12.6. The van der Waals surface area contributed by atoms with Gasteiger partial charge in [-0.1, -0.05) is 6.07 Å². The van der Waals surface area contributed by atoms with Crippen LogP contribution in [0.4, 0.5) is 13.2 Å². The quantitative estimate of drug-likeness (QED) is 0.619. The van der Waals surface area contributed by atoms with Crippen molar-refractivity contribution < 1.29 is 36.3 Å². The topological polar surface area (TPSA) is 104 Å². The number of carbonyl (C=O) groups is 2. The van der Waals surface area contributed by atoms with E-state index in [0.717, 1.165) is 18.2 Å². The van der Waals surface area contributed by atoms with Crippen LogP contribution in [0.25, 0.3) is 0 Å². The second kappa shape index (κ2) is 8.99. The first-order valence-corrected chi connectivity index (χ1v) is 9.04. The van der Waals surface area contributed by atoms with E-state index in [0.29, 0.717) is 6.07 Å². The number of nitrogens with zero attached hydrogens (tertiary/aromatic N) is 1. The highest BCUT2D eigenvalue weighted by atomic mass is 32.2. The molecule has 146 valence electrons. The third-order valence-corrected chi connectivity index (χ3v) is 4.88. The van der Waals surface area contributed by atoms with Crippen LogP contribution in [-0.2, 0) is 25.8 Å². The van der Waals surface area contributed by atoms with Gasteiger partial charge in [-0.15, -0.1) is 0 Å². The number of hydrogen-bond donors (Lipinski definition) is 2. The van der Waals surface area contributed by atoms with Crippen molar-refractivity contribution in [1.29, 1.82) is 0 Å². The number of halogens is 3. The van der Waals surface area contributed by atoms with E-state index in [1.165, 1.54) is 11.9 Å². The number of rotatable bonds is 9. The van der Waals surface area contributed by atoms with Gasteiger partial charge in [-0.2, -0.15) is 13.2 Å². The third-order valence-electron chi connectivity index (χ3n) is 3.42. The molecule has 26 heavy (non-hydrogen) atoms. The Bertz CT molecular complexity index is 750. The van der Waals surface area contributed by atoms with Crippen molar-refractivity contribution in [2.24, 2.45) is 0 Å². The Morgan fingerprint density at radius 2 is 1.88 bits per heavy atom. The van der Waals surface area contributed by atoms with E-state index in [4.69, 9.17) is 5.11 Å². The van der Waals surface area contributed by atoms with Crippen molar-refractivity contribution >= 4 is 21.9 Å². The van der Waals surface area contributed by atoms with Crippen molar-refractivity contribution in [3.63, 3.8) is 0 Å². The Balaban J connectivity index is 2.54. The van der Waals surface area contributed by atoms with Crippen LogP contribution >= 0.6 is 0 Å². The summed E-state index contributed by atoms with van der Waals surface area (Å²) in [5.41, 5.74) is -1.07. The smallest absolute Gasteiger partial charge is 0.416 e. The molecule has 0 radical (unpaired) electrons. The van der Waals surface area contributed by atoms with Gasteiger partial charge < -0.3 is 10.0 Å². The summed E-state index contributed by atoms with van der Waals surface area (Å²) in [6, 6.07) is 3.35. The van der Waals surface area contributed by atoms with E-state index < -0.39 is 32.6 Å². The molecule has 2 N–H and O–H groups in total. The predicted octanol–water partition coefficient (Wildman–Crippen LogP) is 1.70. The fourth-order valence-electron chi connectivity index (χ4n) is 1.95. The summed E-state index contributed by atoms with van der Waals surface area (Å²) in [7, 11) is -2.71. The largest absolute Gasteiger partial charge is 0.481 e. The molecule has 11 heteroatoms. The Morgan fingerprint density at radius 3 is 2.46 bits per heavy atom. The summed E-state index contributed by atoms with van der Waals surface area (Å²) in [5, 5.41) is 8.54. The molecule has 7 nitrogen and oxygen atoms in total. The highest BCUT2D eigenvalue weighted by Gasteiger charge is 2.31. The number of aliphatic carboxylic acids is 1. The lowest BCUT2D eigenvalue weighted by Crippen LogP contribution is -2.30. The fraction of sp³-hybridized carbons (Fsp3) is 0.467. The summed E-state index contributed by atoms with van der Waals surface area (Å²) in [5.74, 6) is -1.40. The van der Waals surface area contributed by atoms with Crippen LogP contribution in [0.2, 0.25) is 0 Å². The molecule has 0 aromatic heterocycles. The number of hydrogen-bond acceptors (Lipinski definition) is 4. The number of carboxylic acids is 1. The van der Waals surface area contributed by atoms with Crippen molar-refractivity contribution in [3.05, 3.63) is 29.8 Å². The molecule has 1 aromatic carbocycles. The first-order chi connectivity index (χ1) is 11.9. The summed E-state index contributed by atoms with van der Waals surface area (Å²) < 4.78 is 64.1. The van der Waals surface area contributed by atoms with E-state index >= 15 is 0 Å². The average Bonchev–Trinajstić information content (AvgIpc) is 2.55. The molecule has 1 aromatic rings.